The highest BCUT2D eigenvalue weighted by Crippen LogP contribution is 2.16. The zero-order valence-corrected chi connectivity index (χ0v) is 12.7. The molecular weight excluding hydrogens is 318 g/mol. The minimum absolute atomic E-state index is 0.0141. The summed E-state index contributed by atoms with van der Waals surface area (Å²) in [5.41, 5.74) is 12.7. The lowest BCUT2D eigenvalue weighted by atomic mass is 10.3. The van der Waals surface area contributed by atoms with Gasteiger partial charge >= 0.3 is 5.97 Å². The zero-order valence-electron chi connectivity index (χ0n) is 11.9. The smallest absolute Gasteiger partial charge is 0.318 e. The van der Waals surface area contributed by atoms with Crippen LogP contribution in [-0.4, -0.2) is 36.7 Å². The van der Waals surface area contributed by atoms with Gasteiger partial charge in [0.2, 0.25) is 0 Å². The van der Waals surface area contributed by atoms with Crippen molar-refractivity contribution in [3.63, 3.8) is 0 Å². The highest BCUT2D eigenvalue weighted by molar-refractivity contribution is 7.99. The molecule has 2 heterocycles. The molecule has 0 aliphatic carbocycles. The number of para-hydroxylation sites is 1. The largest absolute Gasteiger partial charge is 0.442 e. The van der Waals surface area contributed by atoms with E-state index in [4.69, 9.17) is 16.2 Å². The molecule has 0 saturated heterocycles. The van der Waals surface area contributed by atoms with Crippen molar-refractivity contribution in [2.45, 2.75) is 11.9 Å². The minimum atomic E-state index is -0.431. The van der Waals surface area contributed by atoms with Crippen molar-refractivity contribution in [1.29, 1.82) is 0 Å². The van der Waals surface area contributed by atoms with Crippen molar-refractivity contribution in [1.82, 2.24) is 25.0 Å². The summed E-state index contributed by atoms with van der Waals surface area (Å²) >= 11 is 1.10. The van der Waals surface area contributed by atoms with Gasteiger partial charge in [-0.1, -0.05) is 29.1 Å². The van der Waals surface area contributed by atoms with E-state index < -0.39 is 5.97 Å². The van der Waals surface area contributed by atoms with Crippen LogP contribution in [0, 0.1) is 0 Å². The Morgan fingerprint density at radius 2 is 1.96 bits per heavy atom. The Morgan fingerprint density at radius 3 is 2.74 bits per heavy atom. The Balaban J connectivity index is 1.55. The lowest BCUT2D eigenvalue weighted by Crippen LogP contribution is -2.13. The molecule has 0 saturated carbocycles. The number of thioether (sulfide) groups is 1. The van der Waals surface area contributed by atoms with E-state index in [1.54, 1.807) is 0 Å². The summed E-state index contributed by atoms with van der Waals surface area (Å²) in [5.74, 6) is 0.110. The molecule has 0 bridgehead atoms. The molecule has 10 heteroatoms. The molecule has 0 fully saturated rings. The number of aromatic nitrogens is 5. The van der Waals surface area contributed by atoms with Crippen LogP contribution in [0.25, 0.3) is 11.0 Å². The third-order valence-corrected chi connectivity index (χ3v) is 3.65. The maximum Gasteiger partial charge on any atom is 0.318 e. The molecule has 118 valence electrons. The van der Waals surface area contributed by atoms with E-state index in [1.807, 2.05) is 24.3 Å². The number of carbonyl (C=O) groups excluding carboxylic acids is 1. The molecule has 1 aromatic carbocycles. The van der Waals surface area contributed by atoms with Gasteiger partial charge in [0.15, 0.2) is 11.9 Å². The van der Waals surface area contributed by atoms with Crippen LogP contribution in [0.5, 0.6) is 0 Å². The summed E-state index contributed by atoms with van der Waals surface area (Å²) in [4.78, 5) is 19.7. The summed E-state index contributed by atoms with van der Waals surface area (Å²) in [5, 5.41) is 8.24. The molecule has 23 heavy (non-hydrogen) atoms. The van der Waals surface area contributed by atoms with E-state index in [-0.39, 0.29) is 24.1 Å². The third-order valence-electron chi connectivity index (χ3n) is 2.83. The average Bonchev–Trinajstić information content (AvgIpc) is 2.93. The third kappa shape index (κ3) is 3.66. The monoisotopic (exact) mass is 331 g/mol. The zero-order chi connectivity index (χ0) is 16.2. The number of rotatable bonds is 5. The van der Waals surface area contributed by atoms with Crippen LogP contribution in [0.4, 0.5) is 11.6 Å². The molecule has 0 unspecified atom stereocenters. The number of nitrogen functional groups attached to an aromatic ring is 2. The highest BCUT2D eigenvalue weighted by Gasteiger charge is 2.09. The van der Waals surface area contributed by atoms with Crippen LogP contribution < -0.4 is 11.5 Å². The maximum absolute atomic E-state index is 11.8. The second-order valence-corrected chi connectivity index (χ2v) is 5.45. The number of ether oxygens (including phenoxy) is 1. The van der Waals surface area contributed by atoms with E-state index >= 15 is 0 Å². The van der Waals surface area contributed by atoms with Crippen LogP contribution in [0.3, 0.4) is 0 Å². The SMILES string of the molecule is Nc1cc(N)nc(SCC(=O)OCn2nnc3ccccc32)n1. The highest BCUT2D eigenvalue weighted by atomic mass is 32.2. The maximum atomic E-state index is 11.8. The Morgan fingerprint density at radius 1 is 1.22 bits per heavy atom. The Kier molecular flexibility index (Phi) is 4.24. The summed E-state index contributed by atoms with van der Waals surface area (Å²) < 4.78 is 6.67. The Bertz CT molecular complexity index is 831. The Hall–Kier alpha value is -2.88. The van der Waals surface area contributed by atoms with E-state index in [0.717, 1.165) is 22.8 Å². The molecule has 3 rings (SSSR count). The van der Waals surface area contributed by atoms with Crippen molar-refractivity contribution in [2.75, 3.05) is 17.2 Å². The van der Waals surface area contributed by atoms with Crippen LogP contribution >= 0.6 is 11.8 Å². The molecular formula is C13H13N7O2S. The van der Waals surface area contributed by atoms with Gasteiger partial charge in [-0.2, -0.15) is 0 Å². The predicted molar refractivity (Wildman–Crippen MR) is 85.2 cm³/mol. The number of nitrogens with zero attached hydrogens (tertiary/aromatic N) is 5. The molecule has 0 radical (unpaired) electrons. The quantitative estimate of drug-likeness (QED) is 0.393. The number of benzene rings is 1. The van der Waals surface area contributed by atoms with Crippen molar-refractivity contribution in [3.8, 4) is 0 Å². The van der Waals surface area contributed by atoms with Crippen molar-refractivity contribution < 1.29 is 9.53 Å². The van der Waals surface area contributed by atoms with E-state index in [1.165, 1.54) is 10.7 Å². The van der Waals surface area contributed by atoms with Crippen LogP contribution in [0.1, 0.15) is 0 Å². The molecule has 0 aliphatic heterocycles. The number of anilines is 2. The van der Waals surface area contributed by atoms with Crippen LogP contribution in [0.15, 0.2) is 35.5 Å². The summed E-state index contributed by atoms with van der Waals surface area (Å²) in [6.07, 6.45) is 0. The van der Waals surface area contributed by atoms with Gasteiger partial charge in [0.1, 0.15) is 17.2 Å². The van der Waals surface area contributed by atoms with Gasteiger partial charge in [0.25, 0.3) is 0 Å². The summed E-state index contributed by atoms with van der Waals surface area (Å²) in [7, 11) is 0. The van der Waals surface area contributed by atoms with Gasteiger partial charge in [-0.25, -0.2) is 14.6 Å². The first-order chi connectivity index (χ1) is 11.1. The van der Waals surface area contributed by atoms with Crippen molar-refractivity contribution in [2.24, 2.45) is 0 Å². The van der Waals surface area contributed by atoms with E-state index in [9.17, 15) is 4.79 Å². The fourth-order valence-electron chi connectivity index (χ4n) is 1.84. The summed E-state index contributed by atoms with van der Waals surface area (Å²) in [6, 6.07) is 8.85. The van der Waals surface area contributed by atoms with Gasteiger partial charge < -0.3 is 16.2 Å². The van der Waals surface area contributed by atoms with Crippen molar-refractivity contribution >= 4 is 40.4 Å². The standard InChI is InChI=1S/C13H13N7O2S/c14-10-5-11(15)17-13(16-10)23-6-12(21)22-7-20-9-4-2-1-3-8(9)18-19-20/h1-5H,6-7H2,(H4,14,15,16,17). The van der Waals surface area contributed by atoms with E-state index in [0.29, 0.717) is 5.16 Å². The molecule has 0 aliphatic rings. The molecule has 2 aromatic heterocycles. The first kappa shape index (κ1) is 15.0. The number of hydrogen-bond acceptors (Lipinski definition) is 9. The number of hydrogen-bond donors (Lipinski definition) is 2. The average molecular weight is 331 g/mol. The first-order valence-corrected chi connectivity index (χ1v) is 7.57. The lowest BCUT2D eigenvalue weighted by Gasteiger charge is -2.05. The van der Waals surface area contributed by atoms with Gasteiger partial charge in [0.05, 0.1) is 11.3 Å². The molecule has 0 amide bonds. The second-order valence-electron chi connectivity index (χ2n) is 4.51. The Labute approximate surface area is 135 Å². The first-order valence-electron chi connectivity index (χ1n) is 6.58. The topological polar surface area (TPSA) is 135 Å². The van der Waals surface area contributed by atoms with Gasteiger partial charge in [-0.3, -0.25) is 4.79 Å². The second kappa shape index (κ2) is 6.48. The molecule has 0 spiro atoms. The van der Waals surface area contributed by atoms with Gasteiger partial charge in [-0.15, -0.1) is 5.10 Å². The van der Waals surface area contributed by atoms with Gasteiger partial charge in [0, 0.05) is 6.07 Å². The minimum Gasteiger partial charge on any atom is -0.442 e. The van der Waals surface area contributed by atoms with Crippen LogP contribution in [-0.2, 0) is 16.3 Å². The number of nitrogens with two attached hydrogens (primary N) is 2. The van der Waals surface area contributed by atoms with Crippen molar-refractivity contribution in [3.05, 3.63) is 30.3 Å². The normalized spacial score (nSPS) is 10.8. The number of carbonyl (C=O) groups is 1. The van der Waals surface area contributed by atoms with Crippen LogP contribution in [0.2, 0.25) is 0 Å². The lowest BCUT2D eigenvalue weighted by molar-refractivity contribution is -0.144. The predicted octanol–water partition coefficient (Wildman–Crippen LogP) is 0.679. The molecule has 0 atom stereocenters. The fraction of sp³-hybridized carbons (Fsp3) is 0.154. The summed E-state index contributed by atoms with van der Waals surface area (Å²) in [6.45, 7) is -0.0141. The number of esters is 1. The molecule has 4 N–H and O–H groups in total. The number of fused-ring (bicyclic) bond motifs is 1. The van der Waals surface area contributed by atoms with Gasteiger partial charge in [-0.05, 0) is 12.1 Å². The van der Waals surface area contributed by atoms with E-state index in [2.05, 4.69) is 20.3 Å². The fourth-order valence-corrected chi connectivity index (χ4v) is 2.51. The molecule has 3 aromatic rings. The molecule has 9 nitrogen and oxygen atoms in total.